The molecule has 0 aliphatic carbocycles. The summed E-state index contributed by atoms with van der Waals surface area (Å²) in [5.41, 5.74) is 1.47. The molecule has 6 nitrogen and oxygen atoms in total. The minimum Gasteiger partial charge on any atom is -0.486 e. The Morgan fingerprint density at radius 1 is 0.781 bits per heavy atom. The summed E-state index contributed by atoms with van der Waals surface area (Å²) in [6.07, 6.45) is 0. The van der Waals surface area contributed by atoms with Crippen LogP contribution in [0.15, 0.2) is 99.9 Å². The van der Waals surface area contributed by atoms with E-state index in [1.807, 2.05) is 30.3 Å². The van der Waals surface area contributed by atoms with Gasteiger partial charge >= 0.3 is 0 Å². The molecule has 160 valence electrons. The molecule has 4 aromatic rings. The highest BCUT2D eigenvalue weighted by Crippen LogP contribution is 2.24. The molecule has 2 N–H and O–H groups in total. The first kappa shape index (κ1) is 21.4. The number of halogens is 1. The third-order valence-electron chi connectivity index (χ3n) is 4.52. The number of carbonyl (C=O) groups is 2. The molecule has 0 aliphatic rings. The van der Waals surface area contributed by atoms with Crippen molar-refractivity contribution in [3.63, 3.8) is 0 Å². The molecular weight excluding hydrogens is 472 g/mol. The lowest BCUT2D eigenvalue weighted by molar-refractivity contribution is 0.0989. The van der Waals surface area contributed by atoms with Gasteiger partial charge in [0.1, 0.15) is 18.1 Å². The van der Waals surface area contributed by atoms with Crippen LogP contribution in [0.1, 0.15) is 26.7 Å². The van der Waals surface area contributed by atoms with E-state index in [-0.39, 0.29) is 18.3 Å². The lowest BCUT2D eigenvalue weighted by atomic mass is 10.2. The zero-order chi connectivity index (χ0) is 22.3. The number of benzene rings is 3. The Hall–Kier alpha value is -3.84. The van der Waals surface area contributed by atoms with Gasteiger partial charge in [-0.1, -0.05) is 52.3 Å². The van der Waals surface area contributed by atoms with Gasteiger partial charge in [0, 0.05) is 10.0 Å². The Morgan fingerprint density at radius 2 is 1.47 bits per heavy atom. The molecule has 0 fully saturated rings. The predicted molar refractivity (Wildman–Crippen MR) is 126 cm³/mol. The second kappa shape index (κ2) is 9.98. The second-order valence-corrected chi connectivity index (χ2v) is 7.75. The fraction of sp³-hybridized carbons (Fsp3) is 0.0400. The van der Waals surface area contributed by atoms with Gasteiger partial charge in [0.15, 0.2) is 5.76 Å². The maximum atomic E-state index is 12.7. The van der Waals surface area contributed by atoms with Crippen molar-refractivity contribution in [2.75, 3.05) is 10.6 Å². The van der Waals surface area contributed by atoms with E-state index >= 15 is 0 Å². The van der Waals surface area contributed by atoms with Crippen LogP contribution in [0.3, 0.4) is 0 Å². The lowest BCUT2D eigenvalue weighted by Crippen LogP contribution is -2.16. The molecule has 0 radical (unpaired) electrons. The molecule has 3 aromatic carbocycles. The van der Waals surface area contributed by atoms with Crippen molar-refractivity contribution < 1.29 is 18.7 Å². The van der Waals surface area contributed by atoms with E-state index in [4.69, 9.17) is 9.15 Å². The summed E-state index contributed by atoms with van der Waals surface area (Å²) in [4.78, 5) is 25.2. The number of hydrogen-bond acceptors (Lipinski definition) is 4. The van der Waals surface area contributed by atoms with Gasteiger partial charge in [-0.3, -0.25) is 9.59 Å². The average molecular weight is 491 g/mol. The van der Waals surface area contributed by atoms with E-state index in [0.29, 0.717) is 28.4 Å². The molecule has 0 spiro atoms. The summed E-state index contributed by atoms with van der Waals surface area (Å²) in [5, 5.41) is 5.61. The fourth-order valence-corrected chi connectivity index (χ4v) is 3.34. The van der Waals surface area contributed by atoms with Gasteiger partial charge in [-0.25, -0.2) is 0 Å². The first-order valence-electron chi connectivity index (χ1n) is 9.82. The van der Waals surface area contributed by atoms with Crippen LogP contribution < -0.4 is 15.4 Å². The number of rotatable bonds is 7. The Bertz CT molecular complexity index is 1240. The molecular formula is C25H19BrN2O4. The minimum atomic E-state index is -0.430. The Balaban J connectivity index is 1.41. The van der Waals surface area contributed by atoms with Gasteiger partial charge in [0.2, 0.25) is 0 Å². The fourth-order valence-electron chi connectivity index (χ4n) is 2.96. The largest absolute Gasteiger partial charge is 0.486 e. The Labute approximate surface area is 193 Å². The van der Waals surface area contributed by atoms with Crippen LogP contribution in [-0.4, -0.2) is 11.8 Å². The van der Waals surface area contributed by atoms with Crippen LogP contribution in [0, 0.1) is 0 Å². The van der Waals surface area contributed by atoms with Gasteiger partial charge in [-0.05, 0) is 54.6 Å². The van der Waals surface area contributed by atoms with Crippen LogP contribution in [-0.2, 0) is 6.61 Å². The highest BCUT2D eigenvalue weighted by Gasteiger charge is 2.15. The van der Waals surface area contributed by atoms with Crippen molar-refractivity contribution in [1.82, 2.24) is 0 Å². The van der Waals surface area contributed by atoms with Crippen molar-refractivity contribution >= 4 is 39.1 Å². The van der Waals surface area contributed by atoms with Gasteiger partial charge < -0.3 is 19.8 Å². The Kier molecular flexibility index (Phi) is 6.67. The first-order chi connectivity index (χ1) is 15.6. The average Bonchev–Trinajstić information content (AvgIpc) is 3.29. The van der Waals surface area contributed by atoms with E-state index in [1.54, 1.807) is 60.7 Å². The van der Waals surface area contributed by atoms with Crippen LogP contribution in [0.2, 0.25) is 0 Å². The van der Waals surface area contributed by atoms with Crippen molar-refractivity contribution in [2.45, 2.75) is 6.61 Å². The highest BCUT2D eigenvalue weighted by molar-refractivity contribution is 9.10. The van der Waals surface area contributed by atoms with Gasteiger partial charge in [-0.15, -0.1) is 0 Å². The number of para-hydroxylation sites is 2. The predicted octanol–water partition coefficient (Wildman–Crippen LogP) is 6.13. The monoisotopic (exact) mass is 490 g/mol. The van der Waals surface area contributed by atoms with Crippen LogP contribution in [0.25, 0.3) is 0 Å². The SMILES string of the molecule is O=C(Nc1ccccc1NC(=O)c1ccc(COc2cccc(Br)c2)o1)c1ccccc1. The normalized spacial score (nSPS) is 10.4. The van der Waals surface area contributed by atoms with Crippen LogP contribution in [0.4, 0.5) is 11.4 Å². The number of ether oxygens (including phenoxy) is 1. The standard InChI is InChI=1S/C25H19BrN2O4/c26-18-9-6-10-19(15-18)31-16-20-13-14-23(32-20)25(30)28-22-12-5-4-11-21(22)27-24(29)17-7-2-1-3-8-17/h1-15H,16H2,(H,27,29)(H,28,30). The molecule has 0 aliphatic heterocycles. The number of anilines is 2. The van der Waals surface area contributed by atoms with Crippen molar-refractivity contribution in [2.24, 2.45) is 0 Å². The van der Waals surface area contributed by atoms with E-state index < -0.39 is 5.91 Å². The van der Waals surface area contributed by atoms with Gasteiger partial charge in [-0.2, -0.15) is 0 Å². The topological polar surface area (TPSA) is 80.6 Å². The molecule has 0 bridgehead atoms. The van der Waals surface area contributed by atoms with E-state index in [2.05, 4.69) is 26.6 Å². The molecule has 4 rings (SSSR count). The first-order valence-corrected chi connectivity index (χ1v) is 10.6. The molecule has 0 unspecified atom stereocenters. The summed E-state index contributed by atoms with van der Waals surface area (Å²) >= 11 is 3.39. The van der Waals surface area contributed by atoms with E-state index in [0.717, 1.165) is 4.47 Å². The van der Waals surface area contributed by atoms with Crippen molar-refractivity contribution in [3.05, 3.63) is 113 Å². The summed E-state index contributed by atoms with van der Waals surface area (Å²) < 4.78 is 12.2. The minimum absolute atomic E-state index is 0.141. The quantitative estimate of drug-likeness (QED) is 0.326. The van der Waals surface area contributed by atoms with Gasteiger partial charge in [0.25, 0.3) is 11.8 Å². The molecule has 0 atom stereocenters. The summed E-state index contributed by atoms with van der Waals surface area (Å²) in [7, 11) is 0. The van der Waals surface area contributed by atoms with E-state index in [9.17, 15) is 9.59 Å². The number of hydrogen-bond donors (Lipinski definition) is 2. The maximum absolute atomic E-state index is 12.7. The molecule has 0 saturated carbocycles. The van der Waals surface area contributed by atoms with Crippen LogP contribution >= 0.6 is 15.9 Å². The van der Waals surface area contributed by atoms with Gasteiger partial charge in [0.05, 0.1) is 11.4 Å². The molecule has 1 heterocycles. The number of furan rings is 1. The molecule has 1 aromatic heterocycles. The Morgan fingerprint density at radius 3 is 2.19 bits per heavy atom. The molecule has 7 heteroatoms. The molecule has 0 saturated heterocycles. The number of amides is 2. The number of carbonyl (C=O) groups excluding carboxylic acids is 2. The zero-order valence-corrected chi connectivity index (χ0v) is 18.5. The molecule has 32 heavy (non-hydrogen) atoms. The third kappa shape index (κ3) is 5.44. The van der Waals surface area contributed by atoms with Crippen molar-refractivity contribution in [1.29, 1.82) is 0 Å². The maximum Gasteiger partial charge on any atom is 0.291 e. The summed E-state index contributed by atoms with van der Waals surface area (Å²) in [6, 6.07) is 26.6. The lowest BCUT2D eigenvalue weighted by Gasteiger charge is -2.11. The summed E-state index contributed by atoms with van der Waals surface area (Å²) in [6.45, 7) is 0.188. The van der Waals surface area contributed by atoms with E-state index in [1.165, 1.54) is 0 Å². The van der Waals surface area contributed by atoms with Crippen molar-refractivity contribution in [3.8, 4) is 5.75 Å². The van der Waals surface area contributed by atoms with Crippen LogP contribution in [0.5, 0.6) is 5.75 Å². The number of nitrogens with one attached hydrogen (secondary N) is 2. The third-order valence-corrected chi connectivity index (χ3v) is 5.02. The second-order valence-electron chi connectivity index (χ2n) is 6.83. The zero-order valence-electron chi connectivity index (χ0n) is 16.9. The molecule has 2 amide bonds. The summed E-state index contributed by atoms with van der Waals surface area (Å²) in [5.74, 6) is 0.644. The smallest absolute Gasteiger partial charge is 0.291 e. The highest BCUT2D eigenvalue weighted by atomic mass is 79.9.